The Hall–Kier alpha value is -3.08. The Morgan fingerprint density at radius 1 is 1.16 bits per heavy atom. The van der Waals surface area contributed by atoms with Gasteiger partial charge in [-0.1, -0.05) is 43.3 Å². The summed E-state index contributed by atoms with van der Waals surface area (Å²) in [6.45, 7) is 1.90. The number of hydrogen-bond donors (Lipinski definition) is 3. The summed E-state index contributed by atoms with van der Waals surface area (Å²) in [5, 5.41) is 6.90. The minimum Gasteiger partial charge on any atom is -0.361 e. The number of fused-ring (bicyclic) bond motifs is 2. The van der Waals surface area contributed by atoms with Crippen LogP contribution in [0.25, 0.3) is 10.9 Å². The Bertz CT molecular complexity index is 960. The third kappa shape index (κ3) is 2.78. The van der Waals surface area contributed by atoms with Crippen molar-refractivity contribution in [3.8, 4) is 0 Å². The van der Waals surface area contributed by atoms with Gasteiger partial charge in [0.05, 0.1) is 0 Å². The average Bonchev–Trinajstić information content (AvgIpc) is 3.17. The van der Waals surface area contributed by atoms with E-state index in [1.54, 1.807) is 6.07 Å². The Kier molecular flexibility index (Phi) is 3.76. The van der Waals surface area contributed by atoms with Crippen molar-refractivity contribution in [1.82, 2.24) is 15.6 Å². The van der Waals surface area contributed by atoms with Crippen LogP contribution >= 0.6 is 0 Å². The van der Waals surface area contributed by atoms with E-state index in [-0.39, 0.29) is 17.7 Å². The molecule has 0 bridgehead atoms. The number of nitrogens with one attached hydrogen (secondary N) is 3. The monoisotopic (exact) mass is 333 g/mol. The molecule has 3 N–H and O–H groups in total. The predicted octanol–water partition coefficient (Wildman–Crippen LogP) is 2.90. The van der Waals surface area contributed by atoms with Crippen molar-refractivity contribution in [2.75, 3.05) is 0 Å². The number of aromatic amines is 1. The zero-order valence-corrected chi connectivity index (χ0v) is 13.9. The third-order valence-electron chi connectivity index (χ3n) is 4.73. The molecule has 0 aliphatic carbocycles. The third-order valence-corrected chi connectivity index (χ3v) is 4.73. The van der Waals surface area contributed by atoms with Crippen molar-refractivity contribution in [3.05, 3.63) is 71.4 Å². The molecule has 0 fully saturated rings. The molecule has 0 saturated carbocycles. The Morgan fingerprint density at radius 3 is 2.80 bits per heavy atom. The van der Waals surface area contributed by atoms with E-state index in [0.717, 1.165) is 22.0 Å². The molecule has 5 heteroatoms. The maximum absolute atomic E-state index is 12.6. The van der Waals surface area contributed by atoms with E-state index in [1.165, 1.54) is 0 Å². The minimum atomic E-state index is -0.457. The van der Waals surface area contributed by atoms with Crippen LogP contribution in [0.15, 0.2) is 54.7 Å². The number of rotatable bonds is 4. The van der Waals surface area contributed by atoms with Gasteiger partial charge in [0.1, 0.15) is 6.17 Å². The molecule has 25 heavy (non-hydrogen) atoms. The molecular formula is C20H19N3O2. The van der Waals surface area contributed by atoms with Crippen LogP contribution in [0.1, 0.15) is 34.6 Å². The predicted molar refractivity (Wildman–Crippen MR) is 96.0 cm³/mol. The zero-order valence-electron chi connectivity index (χ0n) is 13.9. The van der Waals surface area contributed by atoms with Gasteiger partial charge in [0.2, 0.25) is 5.91 Å². The summed E-state index contributed by atoms with van der Waals surface area (Å²) in [5.41, 5.74) is 3.63. The molecule has 2 amide bonds. The highest BCUT2D eigenvalue weighted by Gasteiger charge is 2.30. The molecule has 3 aromatic rings. The summed E-state index contributed by atoms with van der Waals surface area (Å²) in [6, 6.07) is 15.4. The van der Waals surface area contributed by atoms with Crippen LogP contribution in [0, 0.1) is 5.92 Å². The fraction of sp³-hybridized carbons (Fsp3) is 0.200. The van der Waals surface area contributed by atoms with E-state index >= 15 is 0 Å². The number of amides is 2. The summed E-state index contributed by atoms with van der Waals surface area (Å²) in [6.07, 6.45) is 2.14. The highest BCUT2D eigenvalue weighted by molar-refractivity contribution is 5.99. The second-order valence-corrected chi connectivity index (χ2v) is 6.47. The molecule has 2 unspecified atom stereocenters. The molecule has 2 aromatic carbocycles. The fourth-order valence-corrected chi connectivity index (χ4v) is 3.36. The number of hydrogen-bond acceptors (Lipinski definition) is 2. The van der Waals surface area contributed by atoms with Crippen LogP contribution in [0.3, 0.4) is 0 Å². The van der Waals surface area contributed by atoms with E-state index < -0.39 is 6.17 Å². The van der Waals surface area contributed by atoms with Gasteiger partial charge < -0.3 is 15.6 Å². The quantitative estimate of drug-likeness (QED) is 0.687. The van der Waals surface area contributed by atoms with Crippen molar-refractivity contribution in [1.29, 1.82) is 0 Å². The van der Waals surface area contributed by atoms with Gasteiger partial charge in [-0.15, -0.1) is 0 Å². The summed E-state index contributed by atoms with van der Waals surface area (Å²) in [5.74, 6) is -0.429. The van der Waals surface area contributed by atoms with Crippen LogP contribution < -0.4 is 10.6 Å². The first kappa shape index (κ1) is 15.4. The van der Waals surface area contributed by atoms with Crippen LogP contribution in [0.4, 0.5) is 0 Å². The number of carbonyl (C=O) groups excluding carboxylic acids is 2. The highest BCUT2D eigenvalue weighted by atomic mass is 16.2. The molecule has 0 radical (unpaired) electrons. The lowest BCUT2D eigenvalue weighted by Gasteiger charge is -2.17. The Labute approximate surface area is 145 Å². The number of para-hydroxylation sites is 1. The first-order valence-electron chi connectivity index (χ1n) is 8.38. The zero-order chi connectivity index (χ0) is 17.4. The molecule has 1 aromatic heterocycles. The van der Waals surface area contributed by atoms with Gasteiger partial charge in [0, 0.05) is 34.1 Å². The molecule has 0 saturated heterocycles. The van der Waals surface area contributed by atoms with E-state index in [0.29, 0.717) is 12.0 Å². The summed E-state index contributed by atoms with van der Waals surface area (Å²) in [4.78, 5) is 27.8. The molecule has 5 nitrogen and oxygen atoms in total. The number of aromatic nitrogens is 1. The van der Waals surface area contributed by atoms with Crippen LogP contribution in [0.5, 0.6) is 0 Å². The van der Waals surface area contributed by atoms with Crippen LogP contribution in [-0.4, -0.2) is 16.8 Å². The lowest BCUT2D eigenvalue weighted by atomic mass is 9.99. The van der Waals surface area contributed by atoms with Gasteiger partial charge in [-0.2, -0.15) is 0 Å². The lowest BCUT2D eigenvalue weighted by Crippen LogP contribution is -2.39. The van der Waals surface area contributed by atoms with Gasteiger partial charge in [-0.3, -0.25) is 9.59 Å². The minimum absolute atomic E-state index is 0.0766. The van der Waals surface area contributed by atoms with Crippen LogP contribution in [0.2, 0.25) is 0 Å². The molecule has 1 aliphatic rings. The lowest BCUT2D eigenvalue weighted by molar-refractivity contribution is -0.125. The van der Waals surface area contributed by atoms with E-state index in [9.17, 15) is 9.59 Å². The maximum atomic E-state index is 12.6. The highest BCUT2D eigenvalue weighted by Crippen LogP contribution is 2.24. The fourth-order valence-electron chi connectivity index (χ4n) is 3.36. The smallest absolute Gasteiger partial charge is 0.253 e. The topological polar surface area (TPSA) is 74.0 Å². The van der Waals surface area contributed by atoms with Crippen molar-refractivity contribution >= 4 is 22.7 Å². The SMILES string of the molecule is CC(Cc1c[nH]c2ccccc12)C(=O)NC1NC(=O)c2ccccc21. The van der Waals surface area contributed by atoms with Crippen molar-refractivity contribution in [3.63, 3.8) is 0 Å². The van der Waals surface area contributed by atoms with Gasteiger partial charge in [0.15, 0.2) is 0 Å². The van der Waals surface area contributed by atoms with Crippen molar-refractivity contribution in [2.45, 2.75) is 19.5 Å². The van der Waals surface area contributed by atoms with E-state index in [4.69, 9.17) is 0 Å². The first-order chi connectivity index (χ1) is 12.1. The second-order valence-electron chi connectivity index (χ2n) is 6.47. The summed E-state index contributed by atoms with van der Waals surface area (Å²) in [7, 11) is 0. The van der Waals surface area contributed by atoms with Gasteiger partial charge in [-0.25, -0.2) is 0 Å². The van der Waals surface area contributed by atoms with Crippen molar-refractivity contribution < 1.29 is 9.59 Å². The van der Waals surface area contributed by atoms with Gasteiger partial charge >= 0.3 is 0 Å². The molecule has 126 valence electrons. The van der Waals surface area contributed by atoms with Crippen LogP contribution in [-0.2, 0) is 11.2 Å². The first-order valence-corrected chi connectivity index (χ1v) is 8.38. The molecule has 2 heterocycles. The summed E-state index contributed by atoms with van der Waals surface area (Å²) < 4.78 is 0. The normalized spacial score (nSPS) is 17.2. The standard InChI is InChI=1S/C20H19N3O2/c1-12(10-13-11-21-17-9-5-4-6-14(13)17)19(24)22-18-15-7-2-3-8-16(15)20(25)23-18/h2-9,11-12,18,21H,10H2,1H3,(H,22,24)(H,23,25). The van der Waals surface area contributed by atoms with Gasteiger partial charge in [-0.05, 0) is 24.1 Å². The maximum Gasteiger partial charge on any atom is 0.253 e. The van der Waals surface area contributed by atoms with E-state index in [1.807, 2.05) is 49.5 Å². The number of carbonyl (C=O) groups is 2. The summed E-state index contributed by atoms with van der Waals surface area (Å²) >= 11 is 0. The largest absolute Gasteiger partial charge is 0.361 e. The molecule has 0 spiro atoms. The average molecular weight is 333 g/mol. The van der Waals surface area contributed by atoms with E-state index in [2.05, 4.69) is 21.7 Å². The Balaban J connectivity index is 1.47. The number of H-pyrrole nitrogens is 1. The van der Waals surface area contributed by atoms with Crippen molar-refractivity contribution in [2.24, 2.45) is 5.92 Å². The Morgan fingerprint density at radius 2 is 1.92 bits per heavy atom. The molecule has 2 atom stereocenters. The molecule has 1 aliphatic heterocycles. The molecule has 4 rings (SSSR count). The molecular weight excluding hydrogens is 314 g/mol. The second kappa shape index (κ2) is 6.09. The van der Waals surface area contributed by atoms with Gasteiger partial charge in [0.25, 0.3) is 5.91 Å². The number of benzene rings is 2.